The van der Waals surface area contributed by atoms with Crippen molar-refractivity contribution in [3.8, 4) is 11.5 Å². The van der Waals surface area contributed by atoms with Gasteiger partial charge in [-0.25, -0.2) is 0 Å². The summed E-state index contributed by atoms with van der Waals surface area (Å²) in [5.41, 5.74) is 0.688. The molecular formula is C15H19BrO4. The SMILES string of the molecule is COc1cc(C(C)C(=O)O)c(Br)cc1OC1CCCC1. The highest BCUT2D eigenvalue weighted by Crippen LogP contribution is 2.38. The van der Waals surface area contributed by atoms with Crippen molar-refractivity contribution < 1.29 is 19.4 Å². The number of methoxy groups -OCH3 is 1. The number of rotatable bonds is 5. The molecule has 2 rings (SSSR count). The Morgan fingerprint density at radius 1 is 1.35 bits per heavy atom. The van der Waals surface area contributed by atoms with E-state index in [0.29, 0.717) is 17.1 Å². The lowest BCUT2D eigenvalue weighted by Crippen LogP contribution is -2.13. The molecule has 0 saturated heterocycles. The van der Waals surface area contributed by atoms with E-state index in [4.69, 9.17) is 14.6 Å². The van der Waals surface area contributed by atoms with Crippen molar-refractivity contribution in [3.63, 3.8) is 0 Å². The number of ether oxygens (including phenoxy) is 2. The van der Waals surface area contributed by atoms with E-state index in [-0.39, 0.29) is 6.10 Å². The van der Waals surface area contributed by atoms with Crippen LogP contribution in [0.1, 0.15) is 44.1 Å². The molecule has 0 bridgehead atoms. The van der Waals surface area contributed by atoms with Crippen molar-refractivity contribution in [2.24, 2.45) is 0 Å². The molecule has 1 unspecified atom stereocenters. The predicted molar refractivity (Wildman–Crippen MR) is 79.6 cm³/mol. The minimum Gasteiger partial charge on any atom is -0.493 e. The van der Waals surface area contributed by atoms with Gasteiger partial charge in [0.1, 0.15) is 0 Å². The van der Waals surface area contributed by atoms with Crippen LogP contribution in [0.4, 0.5) is 0 Å². The number of hydrogen-bond acceptors (Lipinski definition) is 3. The largest absolute Gasteiger partial charge is 0.493 e. The Morgan fingerprint density at radius 2 is 2.00 bits per heavy atom. The summed E-state index contributed by atoms with van der Waals surface area (Å²) in [4.78, 5) is 11.1. The normalized spacial score (nSPS) is 16.9. The Bertz CT molecular complexity index is 495. The number of carbonyl (C=O) groups is 1. The van der Waals surface area contributed by atoms with Crippen LogP contribution in [-0.4, -0.2) is 24.3 Å². The molecule has 0 aromatic heterocycles. The molecule has 1 fully saturated rings. The van der Waals surface area contributed by atoms with E-state index >= 15 is 0 Å². The fourth-order valence-electron chi connectivity index (χ4n) is 2.45. The van der Waals surface area contributed by atoms with Gasteiger partial charge in [-0.2, -0.15) is 0 Å². The molecule has 1 atom stereocenters. The highest BCUT2D eigenvalue weighted by atomic mass is 79.9. The minimum absolute atomic E-state index is 0.235. The lowest BCUT2D eigenvalue weighted by Gasteiger charge is -2.18. The monoisotopic (exact) mass is 342 g/mol. The van der Waals surface area contributed by atoms with Gasteiger partial charge in [-0.15, -0.1) is 0 Å². The van der Waals surface area contributed by atoms with E-state index in [2.05, 4.69) is 15.9 Å². The third kappa shape index (κ3) is 3.26. The summed E-state index contributed by atoms with van der Waals surface area (Å²) in [5.74, 6) is -0.202. The smallest absolute Gasteiger partial charge is 0.310 e. The van der Waals surface area contributed by atoms with Gasteiger partial charge in [0.05, 0.1) is 19.1 Å². The Balaban J connectivity index is 2.29. The molecule has 0 amide bonds. The number of hydrogen-bond donors (Lipinski definition) is 1. The summed E-state index contributed by atoms with van der Waals surface area (Å²) in [6.45, 7) is 1.65. The molecule has 110 valence electrons. The summed E-state index contributed by atoms with van der Waals surface area (Å²) < 4.78 is 12.1. The molecule has 0 aliphatic heterocycles. The van der Waals surface area contributed by atoms with Gasteiger partial charge in [0.25, 0.3) is 0 Å². The first-order valence-electron chi connectivity index (χ1n) is 6.79. The van der Waals surface area contributed by atoms with Gasteiger partial charge in [-0.3, -0.25) is 4.79 Å². The third-order valence-electron chi connectivity index (χ3n) is 3.72. The van der Waals surface area contributed by atoms with Crippen molar-refractivity contribution in [3.05, 3.63) is 22.2 Å². The molecule has 5 heteroatoms. The van der Waals surface area contributed by atoms with E-state index in [0.717, 1.165) is 17.3 Å². The first kappa shape index (κ1) is 15.2. The first-order valence-corrected chi connectivity index (χ1v) is 7.59. The molecule has 1 aromatic rings. The Labute approximate surface area is 127 Å². The second-order valence-electron chi connectivity index (χ2n) is 5.11. The van der Waals surface area contributed by atoms with Crippen LogP contribution in [0, 0.1) is 0 Å². The van der Waals surface area contributed by atoms with E-state index < -0.39 is 11.9 Å². The molecule has 0 spiro atoms. The zero-order chi connectivity index (χ0) is 14.7. The Morgan fingerprint density at radius 3 is 2.55 bits per heavy atom. The van der Waals surface area contributed by atoms with Gasteiger partial charge >= 0.3 is 5.97 Å². The van der Waals surface area contributed by atoms with Crippen molar-refractivity contribution in [1.82, 2.24) is 0 Å². The highest BCUT2D eigenvalue weighted by Gasteiger charge is 2.22. The molecule has 1 saturated carbocycles. The van der Waals surface area contributed by atoms with Crippen LogP contribution < -0.4 is 9.47 Å². The van der Waals surface area contributed by atoms with Crippen LogP contribution in [0.25, 0.3) is 0 Å². The standard InChI is InChI=1S/C15H19BrO4/c1-9(15(17)18)11-7-13(19-2)14(8-12(11)16)20-10-5-3-4-6-10/h7-10H,3-6H2,1-2H3,(H,17,18). The van der Waals surface area contributed by atoms with Crippen molar-refractivity contribution >= 4 is 21.9 Å². The molecular weight excluding hydrogens is 324 g/mol. The van der Waals surface area contributed by atoms with Crippen LogP contribution in [-0.2, 0) is 4.79 Å². The second-order valence-corrected chi connectivity index (χ2v) is 5.96. The van der Waals surface area contributed by atoms with E-state index in [9.17, 15) is 4.79 Å². The zero-order valence-electron chi connectivity index (χ0n) is 11.7. The van der Waals surface area contributed by atoms with Crippen LogP contribution in [0.3, 0.4) is 0 Å². The van der Waals surface area contributed by atoms with Crippen LogP contribution >= 0.6 is 15.9 Å². The number of aliphatic carboxylic acids is 1. The maximum absolute atomic E-state index is 11.1. The molecule has 0 heterocycles. The number of carboxylic acids is 1. The van der Waals surface area contributed by atoms with E-state index in [1.807, 2.05) is 6.07 Å². The molecule has 0 radical (unpaired) electrons. The topological polar surface area (TPSA) is 55.8 Å². The molecule has 1 aliphatic rings. The minimum atomic E-state index is -0.864. The zero-order valence-corrected chi connectivity index (χ0v) is 13.3. The summed E-state index contributed by atoms with van der Waals surface area (Å²) in [6.07, 6.45) is 4.76. The first-order chi connectivity index (χ1) is 9.52. The average Bonchev–Trinajstić information content (AvgIpc) is 2.91. The number of benzene rings is 1. The van der Waals surface area contributed by atoms with E-state index in [1.54, 1.807) is 20.1 Å². The van der Waals surface area contributed by atoms with Crippen molar-refractivity contribution in [2.45, 2.75) is 44.6 Å². The van der Waals surface area contributed by atoms with Gasteiger partial charge in [-0.1, -0.05) is 15.9 Å². The molecule has 1 aliphatic carbocycles. The maximum atomic E-state index is 11.1. The van der Waals surface area contributed by atoms with Crippen molar-refractivity contribution in [1.29, 1.82) is 0 Å². The lowest BCUT2D eigenvalue weighted by molar-refractivity contribution is -0.138. The quantitative estimate of drug-likeness (QED) is 0.879. The second kappa shape index (κ2) is 6.48. The number of carboxylic acid groups (broad SMARTS) is 1. The number of halogens is 1. The summed E-state index contributed by atoms with van der Waals surface area (Å²) in [6, 6.07) is 3.55. The molecule has 1 N–H and O–H groups in total. The molecule has 1 aromatic carbocycles. The average molecular weight is 343 g/mol. The highest BCUT2D eigenvalue weighted by molar-refractivity contribution is 9.10. The fraction of sp³-hybridized carbons (Fsp3) is 0.533. The van der Waals surface area contributed by atoms with E-state index in [1.165, 1.54) is 12.8 Å². The van der Waals surface area contributed by atoms with Gasteiger partial charge in [0.2, 0.25) is 0 Å². The summed E-state index contributed by atoms with van der Waals surface area (Å²) in [7, 11) is 1.57. The fourth-order valence-corrected chi connectivity index (χ4v) is 3.12. The molecule has 4 nitrogen and oxygen atoms in total. The van der Waals surface area contributed by atoms with Gasteiger partial charge in [-0.05, 0) is 50.3 Å². The maximum Gasteiger partial charge on any atom is 0.310 e. The summed E-state index contributed by atoms with van der Waals surface area (Å²) in [5, 5.41) is 9.13. The van der Waals surface area contributed by atoms with Crippen molar-refractivity contribution in [2.75, 3.05) is 7.11 Å². The lowest BCUT2D eigenvalue weighted by atomic mass is 10.0. The van der Waals surface area contributed by atoms with Crippen LogP contribution in [0.2, 0.25) is 0 Å². The van der Waals surface area contributed by atoms with Gasteiger partial charge < -0.3 is 14.6 Å². The Hall–Kier alpha value is -1.23. The van der Waals surface area contributed by atoms with Crippen LogP contribution in [0.5, 0.6) is 11.5 Å². The van der Waals surface area contributed by atoms with Crippen LogP contribution in [0.15, 0.2) is 16.6 Å². The van der Waals surface area contributed by atoms with Gasteiger partial charge in [0, 0.05) is 4.47 Å². The predicted octanol–water partition coefficient (Wildman–Crippen LogP) is 3.97. The Kier molecular flexibility index (Phi) is 4.91. The van der Waals surface area contributed by atoms with Gasteiger partial charge in [0.15, 0.2) is 11.5 Å². The summed E-state index contributed by atoms with van der Waals surface area (Å²) >= 11 is 3.43. The third-order valence-corrected chi connectivity index (χ3v) is 4.40. The molecule has 20 heavy (non-hydrogen) atoms.